The van der Waals surface area contributed by atoms with Crippen molar-refractivity contribution in [3.63, 3.8) is 0 Å². The van der Waals surface area contributed by atoms with Crippen LogP contribution in [-0.4, -0.2) is 55.9 Å². The van der Waals surface area contributed by atoms with E-state index >= 15 is 0 Å². The van der Waals surface area contributed by atoms with Crippen LogP contribution in [-0.2, 0) is 14.4 Å². The fraction of sp³-hybridized carbons (Fsp3) is 0.625. The molecular weight excluding hydrogens is 380 g/mol. The van der Waals surface area contributed by atoms with Gasteiger partial charge in [-0.15, -0.1) is 0 Å². The van der Waals surface area contributed by atoms with Crippen LogP contribution < -0.4 is 0 Å². The first kappa shape index (κ1) is 20.3. The molecule has 0 aliphatic carbocycles. The Kier molecular flexibility index (Phi) is 7.77. The van der Waals surface area contributed by atoms with Crippen molar-refractivity contribution < 1.29 is 19.5 Å². The molecule has 25 heavy (non-hydrogen) atoms. The third kappa shape index (κ3) is 5.21. The standard InChI is InChI=1S/C16H22N2O4S3/c1-2-3-4-5-6-7-8-17-14(22)13(25-16(17)23)15-18(9-12(20)21)11(19)10-24-15/h2-10H2,1H3,(H,20,21)/b15-13+. The molecule has 0 aromatic carbocycles. The Bertz CT molecular complexity index is 606. The van der Waals surface area contributed by atoms with Crippen molar-refractivity contribution in [3.05, 3.63) is 9.93 Å². The van der Waals surface area contributed by atoms with Crippen LogP contribution in [0.4, 0.5) is 0 Å². The lowest BCUT2D eigenvalue weighted by atomic mass is 10.1. The van der Waals surface area contributed by atoms with Gasteiger partial charge in [0.25, 0.3) is 5.91 Å². The van der Waals surface area contributed by atoms with Gasteiger partial charge in [0.05, 0.1) is 10.8 Å². The van der Waals surface area contributed by atoms with Gasteiger partial charge in [-0.2, -0.15) is 0 Å². The number of carboxylic acids is 1. The maximum atomic E-state index is 12.7. The van der Waals surface area contributed by atoms with Gasteiger partial charge in [0.1, 0.15) is 15.8 Å². The molecule has 2 aliphatic heterocycles. The third-order valence-electron chi connectivity index (χ3n) is 3.95. The molecule has 1 N–H and O–H groups in total. The summed E-state index contributed by atoms with van der Waals surface area (Å²) in [4.78, 5) is 38.6. The first-order valence-electron chi connectivity index (χ1n) is 8.38. The van der Waals surface area contributed by atoms with E-state index in [4.69, 9.17) is 17.3 Å². The second-order valence-electron chi connectivity index (χ2n) is 5.89. The lowest BCUT2D eigenvalue weighted by molar-refractivity contribution is -0.141. The molecular formula is C16H22N2O4S3. The fourth-order valence-electron chi connectivity index (χ4n) is 2.65. The molecule has 9 heteroatoms. The summed E-state index contributed by atoms with van der Waals surface area (Å²) in [6.45, 7) is 2.32. The summed E-state index contributed by atoms with van der Waals surface area (Å²) in [6.07, 6.45) is 6.75. The van der Waals surface area contributed by atoms with Crippen LogP contribution in [0.2, 0.25) is 0 Å². The Labute approximate surface area is 161 Å². The molecule has 2 rings (SSSR count). The highest BCUT2D eigenvalue weighted by Crippen LogP contribution is 2.41. The number of carbonyl (C=O) groups excluding carboxylic acids is 2. The van der Waals surface area contributed by atoms with Gasteiger partial charge in [0.15, 0.2) is 0 Å². The number of nitrogens with zero attached hydrogens (tertiary/aromatic N) is 2. The van der Waals surface area contributed by atoms with Gasteiger partial charge in [-0.25, -0.2) is 0 Å². The molecule has 0 unspecified atom stereocenters. The number of rotatable bonds is 9. The molecule has 2 heterocycles. The quantitative estimate of drug-likeness (QED) is 0.361. The van der Waals surface area contributed by atoms with Crippen molar-refractivity contribution in [2.45, 2.75) is 45.4 Å². The van der Waals surface area contributed by atoms with Crippen molar-refractivity contribution in [2.75, 3.05) is 18.8 Å². The van der Waals surface area contributed by atoms with E-state index in [1.807, 2.05) is 0 Å². The second kappa shape index (κ2) is 9.59. The molecule has 0 aromatic heterocycles. The predicted octanol–water partition coefficient (Wildman–Crippen LogP) is 3.04. The van der Waals surface area contributed by atoms with Gasteiger partial charge in [-0.3, -0.25) is 24.2 Å². The normalized spacial score (nSPS) is 20.9. The van der Waals surface area contributed by atoms with E-state index in [-0.39, 0.29) is 17.6 Å². The summed E-state index contributed by atoms with van der Waals surface area (Å²) < 4.78 is 0.483. The van der Waals surface area contributed by atoms with Crippen molar-refractivity contribution in [2.24, 2.45) is 0 Å². The average Bonchev–Trinajstić information content (AvgIpc) is 3.04. The SMILES string of the molecule is CCCCCCCCN1C(=O)/C(=C2\SCC(=O)N2CC(=O)O)SC1=S. The Morgan fingerprint density at radius 2 is 1.84 bits per heavy atom. The van der Waals surface area contributed by atoms with E-state index in [1.165, 1.54) is 35.9 Å². The van der Waals surface area contributed by atoms with E-state index in [1.54, 1.807) is 4.90 Å². The highest BCUT2D eigenvalue weighted by molar-refractivity contribution is 8.27. The number of carboxylic acid groups (broad SMARTS) is 1. The fourth-order valence-corrected chi connectivity index (χ4v) is 5.19. The summed E-state index contributed by atoms with van der Waals surface area (Å²) >= 11 is 7.68. The number of hydrogen-bond acceptors (Lipinski definition) is 6. The van der Waals surface area contributed by atoms with Crippen LogP contribution in [0, 0.1) is 0 Å². The number of amides is 2. The largest absolute Gasteiger partial charge is 0.480 e. The first-order valence-corrected chi connectivity index (χ1v) is 10.6. The minimum atomic E-state index is -1.10. The van der Waals surface area contributed by atoms with E-state index in [9.17, 15) is 14.4 Å². The van der Waals surface area contributed by atoms with Crippen LogP contribution in [0.3, 0.4) is 0 Å². The van der Waals surface area contributed by atoms with Crippen LogP contribution in [0.1, 0.15) is 45.4 Å². The van der Waals surface area contributed by atoms with E-state index in [2.05, 4.69) is 6.92 Å². The second-order valence-corrected chi connectivity index (χ2v) is 8.50. The molecule has 2 saturated heterocycles. The monoisotopic (exact) mass is 402 g/mol. The molecule has 0 bridgehead atoms. The maximum Gasteiger partial charge on any atom is 0.323 e. The zero-order valence-electron chi connectivity index (χ0n) is 14.2. The van der Waals surface area contributed by atoms with Crippen LogP contribution >= 0.6 is 35.7 Å². The molecule has 0 aromatic rings. The first-order chi connectivity index (χ1) is 12.0. The molecule has 2 amide bonds. The third-order valence-corrected chi connectivity index (χ3v) is 6.61. The number of unbranched alkanes of at least 4 members (excludes halogenated alkanes) is 5. The lowest BCUT2D eigenvalue weighted by Gasteiger charge is -2.16. The molecule has 6 nitrogen and oxygen atoms in total. The molecule has 2 fully saturated rings. The molecule has 0 atom stereocenters. The Hall–Kier alpha value is -1.06. The zero-order valence-corrected chi connectivity index (χ0v) is 16.6. The van der Waals surface area contributed by atoms with E-state index in [0.717, 1.165) is 31.0 Å². The molecule has 0 saturated carbocycles. The zero-order chi connectivity index (χ0) is 18.4. The molecule has 0 spiro atoms. The van der Waals surface area contributed by atoms with Gasteiger partial charge in [-0.1, -0.05) is 74.8 Å². The van der Waals surface area contributed by atoms with Crippen molar-refractivity contribution >= 4 is 57.8 Å². The van der Waals surface area contributed by atoms with Crippen LogP contribution in [0.25, 0.3) is 0 Å². The van der Waals surface area contributed by atoms with Crippen molar-refractivity contribution in [1.82, 2.24) is 9.80 Å². The minimum absolute atomic E-state index is 0.157. The van der Waals surface area contributed by atoms with Gasteiger partial charge in [0, 0.05) is 6.54 Å². The predicted molar refractivity (Wildman–Crippen MR) is 104 cm³/mol. The Morgan fingerprint density at radius 1 is 1.16 bits per heavy atom. The smallest absolute Gasteiger partial charge is 0.323 e. The summed E-state index contributed by atoms with van der Waals surface area (Å²) in [5.41, 5.74) is 0. The average molecular weight is 403 g/mol. The maximum absolute atomic E-state index is 12.7. The molecule has 138 valence electrons. The number of thioether (sulfide) groups is 2. The molecule has 2 aliphatic rings. The minimum Gasteiger partial charge on any atom is -0.480 e. The summed E-state index contributed by atoms with van der Waals surface area (Å²) in [5.74, 6) is -1.44. The van der Waals surface area contributed by atoms with Gasteiger partial charge < -0.3 is 5.11 Å². The van der Waals surface area contributed by atoms with E-state index in [0.29, 0.717) is 20.8 Å². The number of aliphatic carboxylic acids is 1. The summed E-state index contributed by atoms with van der Waals surface area (Å²) in [7, 11) is 0. The summed E-state index contributed by atoms with van der Waals surface area (Å²) in [5, 5.41) is 9.40. The van der Waals surface area contributed by atoms with E-state index < -0.39 is 12.5 Å². The van der Waals surface area contributed by atoms with Gasteiger partial charge in [-0.05, 0) is 6.42 Å². The van der Waals surface area contributed by atoms with Crippen LogP contribution in [0.5, 0.6) is 0 Å². The van der Waals surface area contributed by atoms with Gasteiger partial charge in [0.2, 0.25) is 5.91 Å². The summed E-state index contributed by atoms with van der Waals surface area (Å²) in [6, 6.07) is 0. The van der Waals surface area contributed by atoms with Crippen molar-refractivity contribution in [1.29, 1.82) is 0 Å². The number of carbonyl (C=O) groups is 3. The molecule has 0 radical (unpaired) electrons. The highest BCUT2D eigenvalue weighted by atomic mass is 32.2. The topological polar surface area (TPSA) is 77.9 Å². The van der Waals surface area contributed by atoms with Gasteiger partial charge >= 0.3 is 5.97 Å². The highest BCUT2D eigenvalue weighted by Gasteiger charge is 2.39. The van der Waals surface area contributed by atoms with Crippen LogP contribution in [0.15, 0.2) is 9.93 Å². The van der Waals surface area contributed by atoms with Crippen molar-refractivity contribution in [3.8, 4) is 0 Å². The Morgan fingerprint density at radius 3 is 2.52 bits per heavy atom. The Balaban J connectivity index is 1.99. The lowest BCUT2D eigenvalue weighted by Crippen LogP contribution is -2.32. The number of thiocarbonyl (C=S) groups is 1. The number of hydrogen-bond donors (Lipinski definition) is 1.